The van der Waals surface area contributed by atoms with Gasteiger partial charge in [-0.05, 0) is 57.7 Å². The van der Waals surface area contributed by atoms with Crippen molar-refractivity contribution in [2.24, 2.45) is 11.8 Å². The number of piperidine rings is 1. The van der Waals surface area contributed by atoms with Crippen LogP contribution in [-0.4, -0.2) is 60.8 Å². The molecule has 1 N–H and O–H groups in total. The minimum Gasteiger partial charge on any atom is -0.390 e. The zero-order valence-electron chi connectivity index (χ0n) is 12.1. The molecular weight excluding hydrogens is 224 g/mol. The van der Waals surface area contributed by atoms with Crippen molar-refractivity contribution in [3.63, 3.8) is 0 Å². The summed E-state index contributed by atoms with van der Waals surface area (Å²) in [5.74, 6) is 1.78. The highest BCUT2D eigenvalue weighted by Crippen LogP contribution is 2.26. The number of rotatable bonds is 6. The maximum absolute atomic E-state index is 10.2. The highest BCUT2D eigenvalue weighted by molar-refractivity contribution is 4.76. The number of aliphatic hydroxyl groups is 1. The molecule has 2 aliphatic rings. The SMILES string of the molecule is CC1CCN(CC(O)CN(C)CC2CCC2)CC1. The van der Waals surface area contributed by atoms with E-state index in [0.717, 1.165) is 24.9 Å². The average Bonchev–Trinajstić information content (AvgIpc) is 2.27. The zero-order chi connectivity index (χ0) is 13.0. The van der Waals surface area contributed by atoms with Crippen LogP contribution in [0, 0.1) is 11.8 Å². The minimum absolute atomic E-state index is 0.177. The third-order valence-corrected chi connectivity index (χ3v) is 4.66. The van der Waals surface area contributed by atoms with E-state index in [-0.39, 0.29) is 6.10 Å². The van der Waals surface area contributed by atoms with E-state index in [4.69, 9.17) is 0 Å². The first kappa shape index (κ1) is 14.3. The van der Waals surface area contributed by atoms with Crippen molar-refractivity contribution >= 4 is 0 Å². The van der Waals surface area contributed by atoms with Gasteiger partial charge in [0.15, 0.2) is 0 Å². The number of hydrogen-bond donors (Lipinski definition) is 1. The fraction of sp³-hybridized carbons (Fsp3) is 1.00. The Morgan fingerprint density at radius 2 is 1.89 bits per heavy atom. The Kier molecular flexibility index (Phi) is 5.46. The molecule has 0 bridgehead atoms. The Balaban J connectivity index is 1.60. The van der Waals surface area contributed by atoms with Crippen molar-refractivity contribution in [2.75, 3.05) is 39.8 Å². The molecule has 2 rings (SSSR count). The van der Waals surface area contributed by atoms with Crippen LogP contribution < -0.4 is 0 Å². The first-order chi connectivity index (χ1) is 8.63. The second-order valence-electron chi connectivity index (χ2n) is 6.66. The van der Waals surface area contributed by atoms with Gasteiger partial charge in [0.1, 0.15) is 0 Å². The molecule has 3 nitrogen and oxygen atoms in total. The standard InChI is InChI=1S/C15H30N2O/c1-13-6-8-17(9-7-13)12-15(18)11-16(2)10-14-4-3-5-14/h13-15,18H,3-12H2,1-2H3. The van der Waals surface area contributed by atoms with E-state index < -0.39 is 0 Å². The van der Waals surface area contributed by atoms with Crippen molar-refractivity contribution in [3.05, 3.63) is 0 Å². The number of β-amino-alcohol motifs (C(OH)–C–C–N with tert-alkyl or cyclic N) is 1. The van der Waals surface area contributed by atoms with E-state index in [1.165, 1.54) is 51.7 Å². The van der Waals surface area contributed by atoms with Gasteiger partial charge in [-0.3, -0.25) is 0 Å². The largest absolute Gasteiger partial charge is 0.390 e. The van der Waals surface area contributed by atoms with Crippen molar-refractivity contribution in [3.8, 4) is 0 Å². The van der Waals surface area contributed by atoms with E-state index in [1.54, 1.807) is 0 Å². The second-order valence-corrected chi connectivity index (χ2v) is 6.66. The lowest BCUT2D eigenvalue weighted by molar-refractivity contribution is 0.0601. The van der Waals surface area contributed by atoms with Crippen LogP contribution in [0.1, 0.15) is 39.0 Å². The molecule has 0 spiro atoms. The van der Waals surface area contributed by atoms with E-state index in [1.807, 2.05) is 0 Å². The number of aliphatic hydroxyl groups excluding tert-OH is 1. The van der Waals surface area contributed by atoms with E-state index in [9.17, 15) is 5.11 Å². The monoisotopic (exact) mass is 254 g/mol. The lowest BCUT2D eigenvalue weighted by atomic mass is 9.85. The maximum atomic E-state index is 10.2. The highest BCUT2D eigenvalue weighted by atomic mass is 16.3. The van der Waals surface area contributed by atoms with Crippen LogP contribution >= 0.6 is 0 Å². The third kappa shape index (κ3) is 4.52. The summed E-state index contributed by atoms with van der Waals surface area (Å²) in [6.07, 6.45) is 6.61. The lowest BCUT2D eigenvalue weighted by Crippen LogP contribution is -2.43. The van der Waals surface area contributed by atoms with Crippen LogP contribution in [0.4, 0.5) is 0 Å². The van der Waals surface area contributed by atoms with Gasteiger partial charge in [0.2, 0.25) is 0 Å². The molecule has 1 saturated carbocycles. The van der Waals surface area contributed by atoms with Crippen LogP contribution in [-0.2, 0) is 0 Å². The van der Waals surface area contributed by atoms with Crippen LogP contribution in [0.15, 0.2) is 0 Å². The number of hydrogen-bond acceptors (Lipinski definition) is 3. The molecule has 106 valence electrons. The summed E-state index contributed by atoms with van der Waals surface area (Å²) in [6, 6.07) is 0. The summed E-state index contributed by atoms with van der Waals surface area (Å²) < 4.78 is 0. The number of likely N-dealkylation sites (tertiary alicyclic amines) is 1. The molecule has 18 heavy (non-hydrogen) atoms. The van der Waals surface area contributed by atoms with Crippen molar-refractivity contribution in [1.29, 1.82) is 0 Å². The highest BCUT2D eigenvalue weighted by Gasteiger charge is 2.22. The molecule has 0 radical (unpaired) electrons. The first-order valence-corrected chi connectivity index (χ1v) is 7.72. The van der Waals surface area contributed by atoms with Gasteiger partial charge in [0.05, 0.1) is 6.10 Å². The Labute approximate surface area is 112 Å². The average molecular weight is 254 g/mol. The Morgan fingerprint density at radius 1 is 1.22 bits per heavy atom. The molecule has 3 heteroatoms. The van der Waals surface area contributed by atoms with Gasteiger partial charge in [0, 0.05) is 19.6 Å². The molecule has 0 amide bonds. The molecule has 1 aliphatic carbocycles. The first-order valence-electron chi connectivity index (χ1n) is 7.72. The molecule has 0 aromatic carbocycles. The molecule has 1 aliphatic heterocycles. The Bertz CT molecular complexity index is 235. The number of likely N-dealkylation sites (N-methyl/N-ethyl adjacent to an activating group) is 1. The summed E-state index contributed by atoms with van der Waals surface area (Å²) in [5, 5.41) is 10.2. The van der Waals surface area contributed by atoms with Crippen LogP contribution in [0.5, 0.6) is 0 Å². The summed E-state index contributed by atoms with van der Waals surface area (Å²) in [5.41, 5.74) is 0. The van der Waals surface area contributed by atoms with Crippen LogP contribution in [0.2, 0.25) is 0 Å². The molecule has 0 aromatic rings. The van der Waals surface area contributed by atoms with Crippen molar-refractivity contribution < 1.29 is 5.11 Å². The molecule has 1 saturated heterocycles. The van der Waals surface area contributed by atoms with Crippen molar-refractivity contribution in [2.45, 2.75) is 45.1 Å². The number of nitrogens with zero attached hydrogens (tertiary/aromatic N) is 2. The summed E-state index contributed by atoms with van der Waals surface area (Å²) in [7, 11) is 2.15. The lowest BCUT2D eigenvalue weighted by Gasteiger charge is -2.34. The minimum atomic E-state index is -0.177. The zero-order valence-corrected chi connectivity index (χ0v) is 12.1. The van der Waals surface area contributed by atoms with Gasteiger partial charge >= 0.3 is 0 Å². The maximum Gasteiger partial charge on any atom is 0.0793 e. The van der Waals surface area contributed by atoms with E-state index >= 15 is 0 Å². The van der Waals surface area contributed by atoms with Gasteiger partial charge < -0.3 is 14.9 Å². The predicted octanol–water partition coefficient (Wildman–Crippen LogP) is 1.81. The fourth-order valence-electron chi connectivity index (χ4n) is 3.15. The molecule has 1 unspecified atom stereocenters. The summed E-state index contributed by atoms with van der Waals surface area (Å²) in [6.45, 7) is 7.55. The molecular formula is C15H30N2O. The van der Waals surface area contributed by atoms with E-state index in [2.05, 4.69) is 23.8 Å². The Morgan fingerprint density at radius 3 is 2.44 bits per heavy atom. The van der Waals surface area contributed by atoms with Crippen LogP contribution in [0.3, 0.4) is 0 Å². The van der Waals surface area contributed by atoms with Gasteiger partial charge in [0.25, 0.3) is 0 Å². The van der Waals surface area contributed by atoms with Gasteiger partial charge in [-0.25, -0.2) is 0 Å². The second kappa shape index (κ2) is 6.88. The summed E-state index contributed by atoms with van der Waals surface area (Å²) >= 11 is 0. The van der Waals surface area contributed by atoms with Crippen molar-refractivity contribution in [1.82, 2.24) is 9.80 Å². The molecule has 0 aromatic heterocycles. The van der Waals surface area contributed by atoms with Gasteiger partial charge in [-0.1, -0.05) is 13.3 Å². The Hall–Kier alpha value is -0.120. The quantitative estimate of drug-likeness (QED) is 0.783. The third-order valence-electron chi connectivity index (χ3n) is 4.66. The molecule has 1 atom stereocenters. The molecule has 2 fully saturated rings. The molecule has 1 heterocycles. The van der Waals surface area contributed by atoms with Gasteiger partial charge in [-0.2, -0.15) is 0 Å². The smallest absolute Gasteiger partial charge is 0.0793 e. The topological polar surface area (TPSA) is 26.7 Å². The van der Waals surface area contributed by atoms with Gasteiger partial charge in [-0.15, -0.1) is 0 Å². The van der Waals surface area contributed by atoms with Crippen LogP contribution in [0.25, 0.3) is 0 Å². The normalized spacial score (nSPS) is 25.3. The van der Waals surface area contributed by atoms with E-state index in [0.29, 0.717) is 0 Å². The predicted molar refractivity (Wildman–Crippen MR) is 75.7 cm³/mol. The summed E-state index contributed by atoms with van der Waals surface area (Å²) in [4.78, 5) is 4.75. The fourth-order valence-corrected chi connectivity index (χ4v) is 3.15.